The SMILES string of the molecule is c1cc(-c2cc3ccccc3[nH]2)cc(C2CCNCC2OCc2ccc3ccccc3c2)c1. The third-order valence-electron chi connectivity index (χ3n) is 6.86. The quantitative estimate of drug-likeness (QED) is 0.326. The molecule has 2 atom stereocenters. The van der Waals surface area contributed by atoms with Crippen molar-refractivity contribution in [1.82, 2.24) is 10.3 Å². The molecule has 1 fully saturated rings. The van der Waals surface area contributed by atoms with Gasteiger partial charge < -0.3 is 15.0 Å². The Kier molecular flexibility index (Phi) is 5.43. The number of H-pyrrole nitrogens is 1. The van der Waals surface area contributed by atoms with Gasteiger partial charge >= 0.3 is 0 Å². The van der Waals surface area contributed by atoms with E-state index in [-0.39, 0.29) is 6.10 Å². The average Bonchev–Trinajstić information content (AvgIpc) is 3.32. The van der Waals surface area contributed by atoms with E-state index in [1.54, 1.807) is 0 Å². The van der Waals surface area contributed by atoms with Gasteiger partial charge in [-0.15, -0.1) is 0 Å². The molecular weight excluding hydrogens is 404 g/mol. The van der Waals surface area contributed by atoms with Crippen LogP contribution in [-0.4, -0.2) is 24.2 Å². The largest absolute Gasteiger partial charge is 0.372 e. The fraction of sp³-hybridized carbons (Fsp3) is 0.200. The molecule has 0 aliphatic carbocycles. The summed E-state index contributed by atoms with van der Waals surface area (Å²) in [4.78, 5) is 3.57. The predicted octanol–water partition coefficient (Wildman–Crippen LogP) is 6.65. The molecule has 33 heavy (non-hydrogen) atoms. The zero-order chi connectivity index (χ0) is 22.0. The van der Waals surface area contributed by atoms with E-state index in [1.165, 1.54) is 44.1 Å². The van der Waals surface area contributed by atoms with Gasteiger partial charge in [0.2, 0.25) is 0 Å². The van der Waals surface area contributed by atoms with Gasteiger partial charge in [0.1, 0.15) is 0 Å². The van der Waals surface area contributed by atoms with Gasteiger partial charge in [-0.2, -0.15) is 0 Å². The molecule has 2 N–H and O–H groups in total. The number of rotatable bonds is 5. The van der Waals surface area contributed by atoms with Crippen molar-refractivity contribution >= 4 is 21.7 Å². The summed E-state index contributed by atoms with van der Waals surface area (Å²) in [5.41, 5.74) is 6.16. The molecule has 4 aromatic carbocycles. The molecule has 6 rings (SSSR count). The standard InChI is InChI=1S/C30H28N2O/c1-2-7-23-16-21(12-13-22(23)6-1)20-33-30-19-31-15-14-27(30)24-9-5-10-25(17-24)29-18-26-8-3-4-11-28(26)32-29/h1-13,16-18,27,30-32H,14-15,19-20H2. The van der Waals surface area contributed by atoms with Crippen molar-refractivity contribution in [2.45, 2.75) is 25.0 Å². The minimum absolute atomic E-state index is 0.156. The number of fused-ring (bicyclic) bond motifs is 2. The zero-order valence-corrected chi connectivity index (χ0v) is 18.6. The van der Waals surface area contributed by atoms with Crippen LogP contribution in [0.5, 0.6) is 0 Å². The topological polar surface area (TPSA) is 37.0 Å². The van der Waals surface area contributed by atoms with Crippen LogP contribution < -0.4 is 5.32 Å². The lowest BCUT2D eigenvalue weighted by Crippen LogP contribution is -2.41. The van der Waals surface area contributed by atoms with Crippen molar-refractivity contribution in [1.29, 1.82) is 0 Å². The number of piperidine rings is 1. The number of ether oxygens (including phenoxy) is 1. The summed E-state index contributed by atoms with van der Waals surface area (Å²) < 4.78 is 6.51. The summed E-state index contributed by atoms with van der Waals surface area (Å²) in [5.74, 6) is 0.385. The van der Waals surface area contributed by atoms with Crippen molar-refractivity contribution in [2.75, 3.05) is 13.1 Å². The second kappa shape index (κ2) is 8.86. The molecule has 1 aromatic heterocycles. The molecule has 5 aromatic rings. The highest BCUT2D eigenvalue weighted by Gasteiger charge is 2.27. The van der Waals surface area contributed by atoms with Gasteiger partial charge in [-0.25, -0.2) is 0 Å². The number of benzene rings is 4. The molecule has 0 spiro atoms. The maximum Gasteiger partial charge on any atom is 0.0772 e. The predicted molar refractivity (Wildman–Crippen MR) is 136 cm³/mol. The van der Waals surface area contributed by atoms with E-state index >= 15 is 0 Å². The van der Waals surface area contributed by atoms with Gasteiger partial charge in [0, 0.05) is 29.1 Å². The van der Waals surface area contributed by atoms with Crippen LogP contribution in [0.15, 0.2) is 97.1 Å². The normalized spacial score (nSPS) is 18.7. The summed E-state index contributed by atoms with van der Waals surface area (Å²) in [7, 11) is 0. The summed E-state index contributed by atoms with van der Waals surface area (Å²) >= 11 is 0. The summed E-state index contributed by atoms with van der Waals surface area (Å²) in [6.45, 7) is 2.54. The monoisotopic (exact) mass is 432 g/mol. The maximum absolute atomic E-state index is 6.51. The molecule has 3 nitrogen and oxygen atoms in total. The number of hydrogen-bond acceptors (Lipinski definition) is 2. The van der Waals surface area contributed by atoms with Crippen molar-refractivity contribution < 1.29 is 4.74 Å². The fourth-order valence-electron chi connectivity index (χ4n) is 5.08. The Bertz CT molecular complexity index is 1370. The molecule has 1 saturated heterocycles. The first-order chi connectivity index (χ1) is 16.3. The molecule has 3 heteroatoms. The van der Waals surface area contributed by atoms with Crippen LogP contribution in [0.25, 0.3) is 32.9 Å². The molecule has 2 heterocycles. The number of aromatic nitrogens is 1. The lowest BCUT2D eigenvalue weighted by Gasteiger charge is -2.32. The summed E-state index contributed by atoms with van der Waals surface area (Å²) in [6.07, 6.45) is 1.24. The molecule has 0 amide bonds. The molecule has 2 unspecified atom stereocenters. The first-order valence-electron chi connectivity index (χ1n) is 11.8. The Balaban J connectivity index is 1.23. The minimum Gasteiger partial charge on any atom is -0.372 e. The number of nitrogens with one attached hydrogen (secondary N) is 2. The van der Waals surface area contributed by atoms with Gasteiger partial charge in [-0.1, -0.05) is 72.8 Å². The molecule has 0 radical (unpaired) electrons. The maximum atomic E-state index is 6.51. The average molecular weight is 433 g/mol. The second-order valence-corrected chi connectivity index (χ2v) is 9.03. The highest BCUT2D eigenvalue weighted by molar-refractivity contribution is 5.86. The first kappa shape index (κ1) is 20.2. The molecule has 1 aliphatic heterocycles. The van der Waals surface area contributed by atoms with Gasteiger partial charge in [0.25, 0.3) is 0 Å². The van der Waals surface area contributed by atoms with Crippen molar-refractivity contribution in [3.05, 3.63) is 108 Å². The summed E-state index contributed by atoms with van der Waals surface area (Å²) in [5, 5.41) is 7.32. The Morgan fingerprint density at radius 3 is 2.52 bits per heavy atom. The van der Waals surface area contributed by atoms with E-state index in [9.17, 15) is 0 Å². The number of para-hydroxylation sites is 1. The van der Waals surface area contributed by atoms with E-state index in [0.717, 1.165) is 19.5 Å². The van der Waals surface area contributed by atoms with Crippen molar-refractivity contribution in [2.24, 2.45) is 0 Å². The van der Waals surface area contributed by atoms with Gasteiger partial charge in [-0.3, -0.25) is 0 Å². The third-order valence-corrected chi connectivity index (χ3v) is 6.86. The van der Waals surface area contributed by atoms with Crippen LogP contribution in [0.2, 0.25) is 0 Å². The summed E-state index contributed by atoms with van der Waals surface area (Å²) in [6, 6.07) is 34.8. The third kappa shape index (κ3) is 4.18. The van der Waals surface area contributed by atoms with E-state index < -0.39 is 0 Å². The highest BCUT2D eigenvalue weighted by atomic mass is 16.5. The molecular formula is C30H28N2O. The Morgan fingerprint density at radius 1 is 0.758 bits per heavy atom. The highest BCUT2D eigenvalue weighted by Crippen LogP contribution is 2.32. The number of hydrogen-bond donors (Lipinski definition) is 2. The van der Waals surface area contributed by atoms with E-state index in [1.807, 2.05) is 0 Å². The Morgan fingerprint density at radius 2 is 1.61 bits per heavy atom. The lowest BCUT2D eigenvalue weighted by molar-refractivity contribution is 0.0107. The van der Waals surface area contributed by atoms with Crippen LogP contribution in [0, 0.1) is 0 Å². The molecule has 0 bridgehead atoms. The van der Waals surface area contributed by atoms with E-state index in [0.29, 0.717) is 12.5 Å². The first-order valence-corrected chi connectivity index (χ1v) is 11.8. The van der Waals surface area contributed by atoms with Gasteiger partial charge in [0.05, 0.1) is 12.7 Å². The van der Waals surface area contributed by atoms with Gasteiger partial charge in [-0.05, 0) is 64.7 Å². The van der Waals surface area contributed by atoms with Crippen molar-refractivity contribution in [3.63, 3.8) is 0 Å². The van der Waals surface area contributed by atoms with E-state index in [2.05, 4.69) is 107 Å². The van der Waals surface area contributed by atoms with Crippen LogP contribution in [-0.2, 0) is 11.3 Å². The zero-order valence-electron chi connectivity index (χ0n) is 18.6. The fourth-order valence-corrected chi connectivity index (χ4v) is 5.08. The smallest absolute Gasteiger partial charge is 0.0772 e. The number of aromatic amines is 1. The molecule has 164 valence electrons. The van der Waals surface area contributed by atoms with Crippen LogP contribution in [0.3, 0.4) is 0 Å². The Labute approximate surface area is 194 Å². The Hall–Kier alpha value is -3.40. The second-order valence-electron chi connectivity index (χ2n) is 9.03. The van der Waals surface area contributed by atoms with Crippen LogP contribution in [0.1, 0.15) is 23.5 Å². The molecule has 0 saturated carbocycles. The van der Waals surface area contributed by atoms with E-state index in [4.69, 9.17) is 4.74 Å². The van der Waals surface area contributed by atoms with Crippen molar-refractivity contribution in [3.8, 4) is 11.3 Å². The minimum atomic E-state index is 0.156. The molecule has 1 aliphatic rings. The van der Waals surface area contributed by atoms with Gasteiger partial charge in [0.15, 0.2) is 0 Å². The van der Waals surface area contributed by atoms with Crippen LogP contribution in [0.4, 0.5) is 0 Å². The van der Waals surface area contributed by atoms with Crippen LogP contribution >= 0.6 is 0 Å². The lowest BCUT2D eigenvalue weighted by atomic mass is 9.86.